The average Bonchev–Trinajstić information content (AvgIpc) is 3.10. The van der Waals surface area contributed by atoms with Gasteiger partial charge in [-0.05, 0) is 31.5 Å². The van der Waals surface area contributed by atoms with Gasteiger partial charge in [-0.3, -0.25) is 10.1 Å². The van der Waals surface area contributed by atoms with Crippen LogP contribution >= 0.6 is 24.8 Å². The minimum absolute atomic E-state index is 0. The van der Waals surface area contributed by atoms with E-state index >= 15 is 0 Å². The van der Waals surface area contributed by atoms with E-state index < -0.39 is 4.92 Å². The van der Waals surface area contributed by atoms with Crippen molar-refractivity contribution < 1.29 is 4.92 Å². The first-order valence-corrected chi connectivity index (χ1v) is 6.27. The summed E-state index contributed by atoms with van der Waals surface area (Å²) in [5.41, 5.74) is 1.89. The van der Waals surface area contributed by atoms with Crippen molar-refractivity contribution in [1.29, 1.82) is 0 Å². The number of non-ortho nitro benzene ring substituents is 1. The smallest absolute Gasteiger partial charge is 0.269 e. The third-order valence-corrected chi connectivity index (χ3v) is 3.37. The molecule has 0 spiro atoms. The predicted octanol–water partition coefficient (Wildman–Crippen LogP) is 3.25. The number of nitrogens with one attached hydrogen (secondary N) is 2. The number of nitrogens with zero attached hydrogens (tertiary/aromatic N) is 2. The third kappa shape index (κ3) is 3.72. The fourth-order valence-corrected chi connectivity index (χ4v) is 2.34. The highest BCUT2D eigenvalue weighted by Gasteiger charge is 2.19. The molecule has 2 heterocycles. The molecule has 1 unspecified atom stereocenters. The topological polar surface area (TPSA) is 83.8 Å². The van der Waals surface area contributed by atoms with Gasteiger partial charge < -0.3 is 10.3 Å². The van der Waals surface area contributed by atoms with Crippen molar-refractivity contribution in [1.82, 2.24) is 15.3 Å². The lowest BCUT2D eigenvalue weighted by atomic mass is 10.1. The number of aromatic nitrogens is 2. The Balaban J connectivity index is 0.00000110. The van der Waals surface area contributed by atoms with E-state index in [9.17, 15) is 10.1 Å². The molecule has 1 aromatic carbocycles. The molecule has 2 aromatic rings. The van der Waals surface area contributed by atoms with Gasteiger partial charge in [-0.2, -0.15) is 0 Å². The molecule has 6 nitrogen and oxygen atoms in total. The monoisotopic (exact) mass is 330 g/mol. The molecule has 2 N–H and O–H groups in total. The largest absolute Gasteiger partial charge is 0.341 e. The summed E-state index contributed by atoms with van der Waals surface area (Å²) < 4.78 is 0. The zero-order valence-electron chi connectivity index (χ0n) is 11.1. The van der Waals surface area contributed by atoms with Crippen molar-refractivity contribution in [2.45, 2.75) is 18.9 Å². The minimum Gasteiger partial charge on any atom is -0.341 e. The molecule has 21 heavy (non-hydrogen) atoms. The van der Waals surface area contributed by atoms with Gasteiger partial charge in [-0.25, -0.2) is 4.98 Å². The minimum atomic E-state index is -0.398. The van der Waals surface area contributed by atoms with Gasteiger partial charge in [0.1, 0.15) is 5.82 Å². The SMILES string of the molecule is Cl.Cl.O=[N+]([O-])c1ccc(-c2cnc(C3CCCN3)[nH]2)cc1. The molecule has 0 bridgehead atoms. The van der Waals surface area contributed by atoms with E-state index in [1.165, 1.54) is 12.1 Å². The van der Waals surface area contributed by atoms with E-state index in [1.54, 1.807) is 18.3 Å². The number of aromatic amines is 1. The van der Waals surface area contributed by atoms with E-state index in [2.05, 4.69) is 15.3 Å². The molecule has 0 aliphatic carbocycles. The van der Waals surface area contributed by atoms with Crippen LogP contribution in [0.1, 0.15) is 24.7 Å². The summed E-state index contributed by atoms with van der Waals surface area (Å²) in [5.74, 6) is 0.936. The normalized spacial score (nSPS) is 16.9. The first-order chi connectivity index (χ1) is 9.24. The third-order valence-electron chi connectivity index (χ3n) is 3.37. The van der Waals surface area contributed by atoms with Crippen LogP contribution in [0, 0.1) is 10.1 Å². The molecule has 1 fully saturated rings. The summed E-state index contributed by atoms with van der Waals surface area (Å²) in [6.45, 7) is 1.03. The van der Waals surface area contributed by atoms with Crippen LogP contribution in [-0.4, -0.2) is 21.4 Å². The maximum Gasteiger partial charge on any atom is 0.269 e. The van der Waals surface area contributed by atoms with Crippen LogP contribution in [0.2, 0.25) is 0 Å². The van der Waals surface area contributed by atoms with Gasteiger partial charge in [-0.15, -0.1) is 24.8 Å². The molecule has 1 aromatic heterocycles. The molecule has 1 atom stereocenters. The molecular weight excluding hydrogens is 315 g/mol. The van der Waals surface area contributed by atoms with Crippen molar-refractivity contribution in [3.05, 3.63) is 46.4 Å². The second-order valence-corrected chi connectivity index (χ2v) is 4.64. The summed E-state index contributed by atoms with van der Waals surface area (Å²) in [7, 11) is 0. The van der Waals surface area contributed by atoms with Crippen LogP contribution in [-0.2, 0) is 0 Å². The number of rotatable bonds is 3. The second-order valence-electron chi connectivity index (χ2n) is 4.64. The Morgan fingerprint density at radius 1 is 1.24 bits per heavy atom. The fourth-order valence-electron chi connectivity index (χ4n) is 2.34. The predicted molar refractivity (Wildman–Crippen MR) is 85.2 cm³/mol. The van der Waals surface area contributed by atoms with Crippen LogP contribution in [0.4, 0.5) is 5.69 Å². The van der Waals surface area contributed by atoms with Crippen molar-refractivity contribution in [2.75, 3.05) is 6.54 Å². The quantitative estimate of drug-likeness (QED) is 0.668. The number of hydrogen-bond donors (Lipinski definition) is 2. The van der Waals surface area contributed by atoms with Gasteiger partial charge >= 0.3 is 0 Å². The van der Waals surface area contributed by atoms with Crippen LogP contribution in [0.3, 0.4) is 0 Å². The number of hydrogen-bond acceptors (Lipinski definition) is 4. The first kappa shape index (κ1) is 17.4. The zero-order valence-corrected chi connectivity index (χ0v) is 12.7. The zero-order chi connectivity index (χ0) is 13.2. The Labute approximate surface area is 134 Å². The van der Waals surface area contributed by atoms with E-state index in [0.717, 1.165) is 36.5 Å². The molecule has 0 radical (unpaired) electrons. The number of imidazole rings is 1. The van der Waals surface area contributed by atoms with Crippen LogP contribution in [0.15, 0.2) is 30.5 Å². The number of nitro benzene ring substituents is 1. The van der Waals surface area contributed by atoms with E-state index in [1.807, 2.05) is 0 Å². The Hall–Kier alpha value is -1.63. The summed E-state index contributed by atoms with van der Waals surface area (Å²) in [4.78, 5) is 17.9. The molecule has 3 rings (SSSR count). The average molecular weight is 331 g/mol. The standard InChI is InChI=1S/C13H14N4O2.2ClH/c18-17(19)10-5-3-9(4-6-10)12-8-15-13(16-12)11-2-1-7-14-11;;/h3-6,8,11,14H,1-2,7H2,(H,15,16);2*1H. The lowest BCUT2D eigenvalue weighted by Crippen LogP contribution is -2.14. The summed E-state index contributed by atoms with van der Waals surface area (Å²) in [6.07, 6.45) is 4.03. The van der Waals surface area contributed by atoms with E-state index in [4.69, 9.17) is 0 Å². The van der Waals surface area contributed by atoms with Crippen molar-refractivity contribution >= 4 is 30.5 Å². The fraction of sp³-hybridized carbons (Fsp3) is 0.308. The lowest BCUT2D eigenvalue weighted by molar-refractivity contribution is -0.384. The first-order valence-electron chi connectivity index (χ1n) is 6.27. The second kappa shape index (κ2) is 7.40. The summed E-state index contributed by atoms with van der Waals surface area (Å²) in [5, 5.41) is 14.0. The number of nitro groups is 1. The van der Waals surface area contributed by atoms with Gasteiger partial charge in [0.25, 0.3) is 5.69 Å². The molecule has 1 aliphatic rings. The van der Waals surface area contributed by atoms with Crippen LogP contribution in [0.25, 0.3) is 11.3 Å². The van der Waals surface area contributed by atoms with Crippen LogP contribution < -0.4 is 5.32 Å². The van der Waals surface area contributed by atoms with Gasteiger partial charge in [0.05, 0.1) is 22.9 Å². The number of H-pyrrole nitrogens is 1. The highest BCUT2D eigenvalue weighted by molar-refractivity contribution is 5.85. The molecule has 0 saturated carbocycles. The van der Waals surface area contributed by atoms with Gasteiger partial charge in [0.2, 0.25) is 0 Å². The van der Waals surface area contributed by atoms with Crippen LogP contribution in [0.5, 0.6) is 0 Å². The van der Waals surface area contributed by atoms with E-state index in [-0.39, 0.29) is 30.5 Å². The molecule has 8 heteroatoms. The highest BCUT2D eigenvalue weighted by Crippen LogP contribution is 2.25. The molecule has 1 aliphatic heterocycles. The Bertz CT molecular complexity index is 594. The molecule has 1 saturated heterocycles. The van der Waals surface area contributed by atoms with Crippen molar-refractivity contribution in [2.24, 2.45) is 0 Å². The Morgan fingerprint density at radius 3 is 2.52 bits per heavy atom. The Morgan fingerprint density at radius 2 is 1.95 bits per heavy atom. The van der Waals surface area contributed by atoms with Crippen molar-refractivity contribution in [3.63, 3.8) is 0 Å². The maximum atomic E-state index is 10.6. The van der Waals surface area contributed by atoms with Gasteiger partial charge in [0.15, 0.2) is 0 Å². The van der Waals surface area contributed by atoms with E-state index in [0.29, 0.717) is 6.04 Å². The van der Waals surface area contributed by atoms with Crippen molar-refractivity contribution in [3.8, 4) is 11.3 Å². The van der Waals surface area contributed by atoms with Gasteiger partial charge in [-0.1, -0.05) is 0 Å². The molecule has 114 valence electrons. The number of halogens is 2. The Kier molecular flexibility index (Phi) is 6.14. The summed E-state index contributed by atoms with van der Waals surface area (Å²) in [6, 6.07) is 6.77. The highest BCUT2D eigenvalue weighted by atomic mass is 35.5. The van der Waals surface area contributed by atoms with Gasteiger partial charge in [0, 0.05) is 17.7 Å². The number of benzene rings is 1. The maximum absolute atomic E-state index is 10.6. The molecule has 0 amide bonds. The lowest BCUT2D eigenvalue weighted by Gasteiger charge is -2.05. The molecular formula is C13H16Cl2N4O2. The summed E-state index contributed by atoms with van der Waals surface area (Å²) >= 11 is 0.